The van der Waals surface area contributed by atoms with Crippen molar-refractivity contribution in [3.05, 3.63) is 64.7 Å². The zero-order valence-electron chi connectivity index (χ0n) is 21.6. The van der Waals surface area contributed by atoms with Gasteiger partial charge in [0.2, 0.25) is 0 Å². The number of ether oxygens (including phenoxy) is 2. The van der Waals surface area contributed by atoms with Crippen LogP contribution in [-0.4, -0.2) is 65.5 Å². The molecule has 0 aliphatic carbocycles. The van der Waals surface area contributed by atoms with Gasteiger partial charge in [-0.3, -0.25) is 9.59 Å². The molecule has 4 rings (SSSR count). The van der Waals surface area contributed by atoms with E-state index in [4.69, 9.17) is 9.47 Å². The Balaban J connectivity index is 1.75. The molecule has 2 aromatic carbocycles. The summed E-state index contributed by atoms with van der Waals surface area (Å²) >= 11 is 0. The summed E-state index contributed by atoms with van der Waals surface area (Å²) in [6.45, 7) is 11.7. The number of benzene rings is 2. The molecule has 0 aromatic heterocycles. The van der Waals surface area contributed by atoms with Gasteiger partial charge in [0.1, 0.15) is 23.4 Å². The van der Waals surface area contributed by atoms with Gasteiger partial charge in [-0.1, -0.05) is 26.0 Å². The smallest absolute Gasteiger partial charge is 0.295 e. The lowest BCUT2D eigenvalue weighted by Crippen LogP contribution is -2.33. The van der Waals surface area contributed by atoms with Crippen LogP contribution in [0.3, 0.4) is 0 Å². The van der Waals surface area contributed by atoms with E-state index in [1.165, 1.54) is 0 Å². The first-order valence-corrected chi connectivity index (χ1v) is 12.9. The molecule has 192 valence electrons. The summed E-state index contributed by atoms with van der Waals surface area (Å²) in [7, 11) is 0. The normalized spacial score (nSPS) is 20.6. The van der Waals surface area contributed by atoms with E-state index in [9.17, 15) is 14.7 Å². The van der Waals surface area contributed by atoms with Crippen LogP contribution in [0.5, 0.6) is 11.5 Å². The lowest BCUT2D eigenvalue weighted by molar-refractivity contribution is -0.140. The molecule has 2 aromatic rings. The zero-order chi connectivity index (χ0) is 25.8. The Morgan fingerprint density at radius 3 is 2.64 bits per heavy atom. The van der Waals surface area contributed by atoms with Crippen molar-refractivity contribution in [3.8, 4) is 11.5 Å². The number of likely N-dealkylation sites (tertiary alicyclic amines) is 1. The van der Waals surface area contributed by atoms with Gasteiger partial charge in [-0.25, -0.2) is 0 Å². The van der Waals surface area contributed by atoms with Crippen LogP contribution in [0.25, 0.3) is 5.76 Å². The second-order valence-electron chi connectivity index (χ2n) is 9.33. The molecule has 2 heterocycles. The van der Waals surface area contributed by atoms with E-state index in [0.717, 1.165) is 49.4 Å². The Labute approximate surface area is 213 Å². The Kier molecular flexibility index (Phi) is 7.99. The van der Waals surface area contributed by atoms with Gasteiger partial charge in [-0.05, 0) is 81.4 Å². The standard InChI is InChI=1S/C29H36N2O5/c1-5-30(6-2)14-9-15-31-26(20-10-8-11-23(18-20)35-7-3)25(28(33)29(31)34)27(32)21-12-13-24-22(17-21)16-19(4)36-24/h8,10-13,17-19,26,32H,5-7,9,14-16H2,1-4H3/b27-25+/t19-,26+/m0/s1. The summed E-state index contributed by atoms with van der Waals surface area (Å²) in [6.07, 6.45) is 1.52. The quantitative estimate of drug-likeness (QED) is 0.298. The van der Waals surface area contributed by atoms with Crippen molar-refractivity contribution in [2.75, 3.05) is 32.8 Å². The van der Waals surface area contributed by atoms with Crippen LogP contribution in [0.2, 0.25) is 0 Å². The Hall–Kier alpha value is -3.32. The third-order valence-electron chi connectivity index (χ3n) is 6.96. The van der Waals surface area contributed by atoms with E-state index in [0.29, 0.717) is 24.5 Å². The molecule has 36 heavy (non-hydrogen) atoms. The molecule has 7 heteroatoms. The fourth-order valence-electron chi connectivity index (χ4n) is 5.13. The molecule has 1 saturated heterocycles. The first kappa shape index (κ1) is 25.8. The van der Waals surface area contributed by atoms with Crippen LogP contribution in [0.4, 0.5) is 0 Å². The highest BCUT2D eigenvalue weighted by molar-refractivity contribution is 6.46. The van der Waals surface area contributed by atoms with Crippen LogP contribution in [0, 0.1) is 0 Å². The lowest BCUT2D eigenvalue weighted by atomic mass is 9.94. The molecule has 0 bridgehead atoms. The number of carbonyl (C=O) groups is 2. The molecule has 2 aliphatic heterocycles. The number of rotatable bonds is 10. The first-order valence-electron chi connectivity index (χ1n) is 12.9. The number of aliphatic hydroxyl groups is 1. The average molecular weight is 493 g/mol. The number of fused-ring (bicyclic) bond motifs is 1. The molecule has 0 radical (unpaired) electrons. The van der Waals surface area contributed by atoms with Gasteiger partial charge in [0, 0.05) is 18.5 Å². The molecule has 0 spiro atoms. The maximum Gasteiger partial charge on any atom is 0.295 e. The molecular formula is C29H36N2O5. The second-order valence-corrected chi connectivity index (χ2v) is 9.33. The number of carbonyl (C=O) groups excluding carboxylic acids is 2. The van der Waals surface area contributed by atoms with E-state index < -0.39 is 17.7 Å². The first-order chi connectivity index (χ1) is 17.4. The topological polar surface area (TPSA) is 79.3 Å². The molecule has 1 fully saturated rings. The number of amides is 1. The van der Waals surface area contributed by atoms with Crippen molar-refractivity contribution in [1.29, 1.82) is 0 Å². The van der Waals surface area contributed by atoms with E-state index >= 15 is 0 Å². The minimum atomic E-state index is -0.689. The summed E-state index contributed by atoms with van der Waals surface area (Å²) in [4.78, 5) is 30.5. The van der Waals surface area contributed by atoms with Crippen LogP contribution >= 0.6 is 0 Å². The molecule has 0 unspecified atom stereocenters. The Morgan fingerprint density at radius 1 is 1.14 bits per heavy atom. The highest BCUT2D eigenvalue weighted by Gasteiger charge is 2.46. The van der Waals surface area contributed by atoms with Crippen molar-refractivity contribution in [2.24, 2.45) is 0 Å². The van der Waals surface area contributed by atoms with E-state index in [-0.39, 0.29) is 17.4 Å². The number of nitrogens with zero attached hydrogens (tertiary/aromatic N) is 2. The fourth-order valence-corrected chi connectivity index (χ4v) is 5.13. The minimum Gasteiger partial charge on any atom is -0.507 e. The van der Waals surface area contributed by atoms with E-state index in [1.807, 2.05) is 50.2 Å². The molecular weight excluding hydrogens is 456 g/mol. The monoisotopic (exact) mass is 492 g/mol. The van der Waals surface area contributed by atoms with Crippen molar-refractivity contribution < 1.29 is 24.2 Å². The van der Waals surface area contributed by atoms with Gasteiger partial charge in [0.05, 0.1) is 18.2 Å². The van der Waals surface area contributed by atoms with Crippen molar-refractivity contribution >= 4 is 17.4 Å². The fraction of sp³-hybridized carbons (Fsp3) is 0.448. The highest BCUT2D eigenvalue weighted by Crippen LogP contribution is 2.41. The maximum atomic E-state index is 13.3. The SMILES string of the molecule is CCOc1cccc([C@@H]2/C(=C(\O)c3ccc4c(c3)C[C@H](C)O4)C(=O)C(=O)N2CCCN(CC)CC)c1. The number of hydrogen-bond acceptors (Lipinski definition) is 6. The lowest BCUT2D eigenvalue weighted by Gasteiger charge is -2.27. The molecule has 7 nitrogen and oxygen atoms in total. The number of Topliss-reactive ketones (excluding diaryl/α,β-unsaturated/α-hetero) is 1. The summed E-state index contributed by atoms with van der Waals surface area (Å²) in [5, 5.41) is 11.4. The summed E-state index contributed by atoms with van der Waals surface area (Å²) < 4.78 is 11.5. The van der Waals surface area contributed by atoms with Gasteiger partial charge >= 0.3 is 0 Å². The molecule has 2 aliphatic rings. The number of ketones is 1. The molecule has 1 amide bonds. The van der Waals surface area contributed by atoms with Crippen LogP contribution < -0.4 is 9.47 Å². The van der Waals surface area contributed by atoms with Crippen LogP contribution in [0.15, 0.2) is 48.0 Å². The molecule has 0 saturated carbocycles. The van der Waals surface area contributed by atoms with Gasteiger partial charge in [0.15, 0.2) is 0 Å². The zero-order valence-corrected chi connectivity index (χ0v) is 21.6. The number of hydrogen-bond donors (Lipinski definition) is 1. The predicted octanol–water partition coefficient (Wildman–Crippen LogP) is 4.56. The largest absolute Gasteiger partial charge is 0.507 e. The van der Waals surface area contributed by atoms with Gasteiger partial charge < -0.3 is 24.4 Å². The van der Waals surface area contributed by atoms with Crippen molar-refractivity contribution in [3.63, 3.8) is 0 Å². The predicted molar refractivity (Wildman–Crippen MR) is 139 cm³/mol. The number of aliphatic hydroxyl groups excluding tert-OH is 1. The van der Waals surface area contributed by atoms with Gasteiger partial charge in [0.25, 0.3) is 11.7 Å². The Morgan fingerprint density at radius 2 is 1.92 bits per heavy atom. The van der Waals surface area contributed by atoms with Gasteiger partial charge in [-0.15, -0.1) is 0 Å². The second kappa shape index (κ2) is 11.2. The average Bonchev–Trinajstić information content (AvgIpc) is 3.37. The third kappa shape index (κ3) is 5.12. The summed E-state index contributed by atoms with van der Waals surface area (Å²) in [5.41, 5.74) is 2.35. The van der Waals surface area contributed by atoms with Crippen LogP contribution in [0.1, 0.15) is 56.8 Å². The summed E-state index contributed by atoms with van der Waals surface area (Å²) in [5.74, 6) is 0.0475. The van der Waals surface area contributed by atoms with Crippen molar-refractivity contribution in [2.45, 2.75) is 52.7 Å². The Bertz CT molecular complexity index is 1150. The van der Waals surface area contributed by atoms with E-state index in [1.54, 1.807) is 11.0 Å². The molecule has 1 N–H and O–H groups in total. The van der Waals surface area contributed by atoms with Crippen LogP contribution in [-0.2, 0) is 16.0 Å². The molecule has 2 atom stereocenters. The van der Waals surface area contributed by atoms with Gasteiger partial charge in [-0.2, -0.15) is 0 Å². The minimum absolute atomic E-state index is 0.0649. The van der Waals surface area contributed by atoms with Crippen molar-refractivity contribution in [1.82, 2.24) is 9.80 Å². The third-order valence-corrected chi connectivity index (χ3v) is 6.96. The van der Waals surface area contributed by atoms with E-state index in [2.05, 4.69) is 18.7 Å². The highest BCUT2D eigenvalue weighted by atomic mass is 16.5. The summed E-state index contributed by atoms with van der Waals surface area (Å²) in [6, 6.07) is 12.2. The maximum absolute atomic E-state index is 13.3.